The molecule has 7 nitrogen and oxygen atoms in total. The van der Waals surface area contributed by atoms with Crippen LogP contribution in [0, 0.1) is 5.92 Å². The van der Waals surface area contributed by atoms with E-state index in [2.05, 4.69) is 15.5 Å². The van der Waals surface area contributed by atoms with Crippen LogP contribution in [0.1, 0.15) is 49.1 Å². The number of rotatable bonds is 10. The Morgan fingerprint density at radius 2 is 1.93 bits per heavy atom. The van der Waals surface area contributed by atoms with Gasteiger partial charge < -0.3 is 15.7 Å². The average Bonchev–Trinajstić information content (AvgIpc) is 3.20. The highest BCUT2D eigenvalue weighted by molar-refractivity contribution is 5.92. The number of nitrogens with zero attached hydrogens (tertiary/aromatic N) is 2. The molecule has 0 spiro atoms. The van der Waals surface area contributed by atoms with E-state index in [1.165, 1.54) is 31.2 Å². The van der Waals surface area contributed by atoms with Crippen LogP contribution >= 0.6 is 0 Å². The van der Waals surface area contributed by atoms with Crippen molar-refractivity contribution in [1.82, 2.24) is 20.1 Å². The summed E-state index contributed by atoms with van der Waals surface area (Å²) in [5, 5.41) is 14.3. The second kappa shape index (κ2) is 9.47. The van der Waals surface area contributed by atoms with Gasteiger partial charge in [-0.25, -0.2) is 0 Å². The molecule has 156 valence electrons. The number of hydrogen-bond donors (Lipinski definition) is 3. The Morgan fingerprint density at radius 3 is 2.61 bits per heavy atom. The predicted molar refractivity (Wildman–Crippen MR) is 99.0 cm³/mol. The lowest BCUT2D eigenvalue weighted by molar-refractivity contribution is -0.122. The Balaban J connectivity index is 1.56. The third-order valence-corrected chi connectivity index (χ3v) is 5.51. The van der Waals surface area contributed by atoms with Crippen molar-refractivity contribution in [3.63, 3.8) is 0 Å². The van der Waals surface area contributed by atoms with Crippen molar-refractivity contribution in [3.8, 4) is 0 Å². The molecule has 2 heterocycles. The van der Waals surface area contributed by atoms with E-state index >= 15 is 0 Å². The minimum absolute atomic E-state index is 0.0540. The molecule has 0 unspecified atom stereocenters. The molecule has 28 heavy (non-hydrogen) atoms. The summed E-state index contributed by atoms with van der Waals surface area (Å²) in [7, 11) is 0. The minimum Gasteiger partial charge on any atom is -0.395 e. The number of aliphatic hydroxyl groups is 1. The monoisotopic (exact) mass is 398 g/mol. The summed E-state index contributed by atoms with van der Waals surface area (Å²) in [5.41, 5.74) is -0.0540. The number of carbonyl (C=O) groups excluding carboxylic acids is 2. The Kier molecular flexibility index (Phi) is 7.01. The summed E-state index contributed by atoms with van der Waals surface area (Å²) in [6.07, 6.45) is 5.62. The Hall–Kier alpha value is -2.00. The summed E-state index contributed by atoms with van der Waals surface area (Å²) >= 11 is 0. The van der Waals surface area contributed by atoms with Gasteiger partial charge in [0.1, 0.15) is 5.69 Å². The quantitative estimate of drug-likeness (QED) is 0.555. The fraction of sp³-hybridized carbons (Fsp3) is 0.684. The van der Waals surface area contributed by atoms with Gasteiger partial charge in [0.05, 0.1) is 6.61 Å². The molecule has 2 amide bonds. The number of aromatic nitrogens is 1. The van der Waals surface area contributed by atoms with E-state index in [0.29, 0.717) is 23.5 Å². The SMILES string of the molecule is O=C(C[C@H]1CC[C@@H](CNC(=O)c2cccn2C(F)F)N1CC1CC1)NCCO. The highest BCUT2D eigenvalue weighted by atomic mass is 19.3. The number of alkyl halides is 2. The van der Waals surface area contributed by atoms with Gasteiger partial charge >= 0.3 is 6.55 Å². The summed E-state index contributed by atoms with van der Waals surface area (Å²) in [5.74, 6) is 0.0375. The zero-order chi connectivity index (χ0) is 20.1. The molecule has 9 heteroatoms. The van der Waals surface area contributed by atoms with E-state index in [1.54, 1.807) is 0 Å². The second-order valence-corrected chi connectivity index (χ2v) is 7.59. The van der Waals surface area contributed by atoms with Gasteiger partial charge in [0.15, 0.2) is 0 Å². The minimum atomic E-state index is -2.75. The molecule has 2 aliphatic rings. The average molecular weight is 398 g/mol. The van der Waals surface area contributed by atoms with Crippen molar-refractivity contribution in [2.45, 2.75) is 50.7 Å². The molecular weight excluding hydrogens is 370 g/mol. The molecule has 1 aromatic heterocycles. The second-order valence-electron chi connectivity index (χ2n) is 7.59. The first-order valence-electron chi connectivity index (χ1n) is 9.86. The maximum Gasteiger partial charge on any atom is 0.319 e. The highest BCUT2D eigenvalue weighted by Crippen LogP contribution is 2.35. The summed E-state index contributed by atoms with van der Waals surface area (Å²) in [6, 6.07) is 3.00. The first kappa shape index (κ1) is 20.7. The molecule has 0 radical (unpaired) electrons. The highest BCUT2D eigenvalue weighted by Gasteiger charge is 2.38. The fourth-order valence-corrected chi connectivity index (χ4v) is 3.89. The summed E-state index contributed by atoms with van der Waals surface area (Å²) in [4.78, 5) is 26.7. The van der Waals surface area contributed by atoms with Gasteiger partial charge in [0.25, 0.3) is 5.91 Å². The first-order chi connectivity index (χ1) is 13.5. The van der Waals surface area contributed by atoms with Crippen LogP contribution in [0.5, 0.6) is 0 Å². The van der Waals surface area contributed by atoms with Crippen LogP contribution in [0.2, 0.25) is 0 Å². The van der Waals surface area contributed by atoms with E-state index in [4.69, 9.17) is 5.11 Å². The van der Waals surface area contributed by atoms with Crippen LogP contribution in [-0.4, -0.2) is 64.7 Å². The molecular formula is C19H28F2N4O3. The molecule has 3 N–H and O–H groups in total. The van der Waals surface area contributed by atoms with E-state index in [9.17, 15) is 18.4 Å². The molecule has 3 rings (SSSR count). The molecule has 0 aromatic carbocycles. The van der Waals surface area contributed by atoms with Gasteiger partial charge in [-0.05, 0) is 43.7 Å². The summed E-state index contributed by atoms with van der Waals surface area (Å²) in [6.45, 7) is -1.33. The third kappa shape index (κ3) is 5.29. The van der Waals surface area contributed by atoms with Crippen LogP contribution in [0.15, 0.2) is 18.3 Å². The normalized spacial score (nSPS) is 22.6. The molecule has 1 saturated heterocycles. The van der Waals surface area contributed by atoms with E-state index in [1.807, 2.05) is 0 Å². The van der Waals surface area contributed by atoms with Crippen LogP contribution in [0.3, 0.4) is 0 Å². The lowest BCUT2D eigenvalue weighted by atomic mass is 10.1. The van der Waals surface area contributed by atoms with Crippen molar-refractivity contribution in [1.29, 1.82) is 0 Å². The largest absolute Gasteiger partial charge is 0.395 e. The van der Waals surface area contributed by atoms with Gasteiger partial charge in [0.2, 0.25) is 5.91 Å². The van der Waals surface area contributed by atoms with Crippen molar-refractivity contribution < 1.29 is 23.5 Å². The third-order valence-electron chi connectivity index (χ3n) is 5.51. The van der Waals surface area contributed by atoms with Gasteiger partial charge in [-0.1, -0.05) is 0 Å². The molecule has 0 bridgehead atoms. The van der Waals surface area contributed by atoms with Crippen LogP contribution < -0.4 is 10.6 Å². The lowest BCUT2D eigenvalue weighted by Crippen LogP contribution is -2.45. The van der Waals surface area contributed by atoms with Crippen molar-refractivity contribution in [2.24, 2.45) is 5.92 Å². The zero-order valence-corrected chi connectivity index (χ0v) is 15.8. The topological polar surface area (TPSA) is 86.6 Å². The van der Waals surface area contributed by atoms with Gasteiger partial charge in [-0.2, -0.15) is 8.78 Å². The van der Waals surface area contributed by atoms with Gasteiger partial charge in [0, 0.05) is 44.3 Å². The molecule has 1 aliphatic heterocycles. The standard InChI is InChI=1S/C19H28F2N4O3/c20-19(21)24-8-1-2-16(24)18(28)23-11-15-6-5-14(10-17(27)22-7-9-26)25(15)12-13-3-4-13/h1-2,8,13-15,19,26H,3-7,9-12H2,(H,22,27)(H,23,28)/t14-,15+/m1/s1. The van der Waals surface area contributed by atoms with E-state index < -0.39 is 12.5 Å². The maximum atomic E-state index is 13.0. The number of hydrogen-bond acceptors (Lipinski definition) is 4. The number of aliphatic hydroxyl groups excluding tert-OH is 1. The van der Waals surface area contributed by atoms with E-state index in [0.717, 1.165) is 19.4 Å². The molecule has 1 aliphatic carbocycles. The van der Waals surface area contributed by atoms with Gasteiger partial charge in [-0.15, -0.1) is 0 Å². The zero-order valence-electron chi connectivity index (χ0n) is 15.8. The van der Waals surface area contributed by atoms with Crippen LogP contribution in [0.4, 0.5) is 8.78 Å². The fourth-order valence-electron chi connectivity index (χ4n) is 3.89. The number of nitrogens with one attached hydrogen (secondary N) is 2. The van der Waals surface area contributed by atoms with Crippen molar-refractivity contribution >= 4 is 11.8 Å². The Labute approximate surface area is 163 Å². The first-order valence-corrected chi connectivity index (χ1v) is 9.86. The maximum absolute atomic E-state index is 13.0. The number of likely N-dealkylation sites (tertiary alicyclic amines) is 1. The molecule has 1 aromatic rings. The summed E-state index contributed by atoms with van der Waals surface area (Å²) < 4.78 is 26.6. The number of carbonyl (C=O) groups is 2. The number of amides is 2. The predicted octanol–water partition coefficient (Wildman–Crippen LogP) is 1.35. The Bertz CT molecular complexity index is 678. The van der Waals surface area contributed by atoms with Crippen LogP contribution in [-0.2, 0) is 4.79 Å². The Morgan fingerprint density at radius 1 is 1.18 bits per heavy atom. The number of halogens is 2. The smallest absolute Gasteiger partial charge is 0.319 e. The van der Waals surface area contributed by atoms with Crippen molar-refractivity contribution in [3.05, 3.63) is 24.0 Å². The lowest BCUT2D eigenvalue weighted by Gasteiger charge is -2.30. The van der Waals surface area contributed by atoms with Gasteiger partial charge in [-0.3, -0.25) is 19.1 Å². The van der Waals surface area contributed by atoms with Crippen LogP contribution in [0.25, 0.3) is 0 Å². The van der Waals surface area contributed by atoms with Crippen molar-refractivity contribution in [2.75, 3.05) is 26.2 Å². The molecule has 2 fully saturated rings. The molecule has 1 saturated carbocycles. The van der Waals surface area contributed by atoms with E-state index in [-0.39, 0.29) is 36.8 Å². The molecule has 2 atom stereocenters.